The number of rotatable bonds is 6. The van der Waals surface area contributed by atoms with Crippen molar-refractivity contribution in [3.05, 3.63) is 77.0 Å². The molecule has 2 aromatic heterocycles. The third-order valence-corrected chi connectivity index (χ3v) is 5.91. The van der Waals surface area contributed by atoms with Crippen LogP contribution in [0.15, 0.2) is 53.7 Å². The number of aromatic nitrogens is 5. The van der Waals surface area contributed by atoms with Crippen molar-refractivity contribution in [2.45, 2.75) is 19.0 Å². The molecule has 2 heterocycles. The van der Waals surface area contributed by atoms with E-state index in [9.17, 15) is 18.8 Å². The third-order valence-electron chi connectivity index (χ3n) is 4.99. The Morgan fingerprint density at radius 2 is 1.88 bits per heavy atom. The number of anilines is 1. The van der Waals surface area contributed by atoms with Gasteiger partial charge in [-0.1, -0.05) is 17.8 Å². The summed E-state index contributed by atoms with van der Waals surface area (Å²) in [6, 6.07) is 13.6. The normalized spacial score (nSPS) is 10.8. The fourth-order valence-corrected chi connectivity index (χ4v) is 4.00. The van der Waals surface area contributed by atoms with Crippen LogP contribution in [0.4, 0.5) is 14.6 Å². The summed E-state index contributed by atoms with van der Waals surface area (Å²) in [5.41, 5.74) is 2.80. The lowest BCUT2D eigenvalue weighted by Gasteiger charge is -2.13. The summed E-state index contributed by atoms with van der Waals surface area (Å²) in [5, 5.41) is 24.1. The van der Waals surface area contributed by atoms with E-state index in [0.29, 0.717) is 33.5 Å². The van der Waals surface area contributed by atoms with Gasteiger partial charge in [0.25, 0.3) is 0 Å². The van der Waals surface area contributed by atoms with Crippen LogP contribution >= 0.6 is 11.8 Å². The monoisotopic (exact) mass is 465 g/mol. The second-order valence-electron chi connectivity index (χ2n) is 7.05. The van der Waals surface area contributed by atoms with Gasteiger partial charge in [0.05, 0.1) is 17.0 Å². The molecule has 0 aliphatic rings. The molecule has 0 aliphatic carbocycles. The highest BCUT2D eigenvalue weighted by Gasteiger charge is 2.21. The molecule has 4 aromatic rings. The van der Waals surface area contributed by atoms with Crippen molar-refractivity contribution >= 4 is 23.5 Å². The lowest BCUT2D eigenvalue weighted by molar-refractivity contribution is -0.113. The molecule has 0 spiro atoms. The van der Waals surface area contributed by atoms with Gasteiger partial charge >= 0.3 is 0 Å². The van der Waals surface area contributed by atoms with Crippen LogP contribution in [0, 0.1) is 36.8 Å². The number of carbonyl (C=O) groups is 1. The summed E-state index contributed by atoms with van der Waals surface area (Å²) in [4.78, 5) is 12.8. The predicted octanol–water partition coefficient (Wildman–Crippen LogP) is 3.95. The molecule has 0 unspecified atom stereocenters. The molecule has 11 heteroatoms. The number of hydrogen-bond acceptors (Lipinski definition) is 6. The lowest BCUT2D eigenvalue weighted by Crippen LogP contribution is -2.18. The first-order valence-corrected chi connectivity index (χ1v) is 10.7. The van der Waals surface area contributed by atoms with Gasteiger partial charge in [-0.25, -0.2) is 8.78 Å². The molecule has 0 atom stereocenters. The van der Waals surface area contributed by atoms with Gasteiger partial charge in [0.15, 0.2) is 0 Å². The highest BCUT2D eigenvalue weighted by Crippen LogP contribution is 2.30. The zero-order valence-electron chi connectivity index (χ0n) is 17.6. The quantitative estimate of drug-likeness (QED) is 0.433. The summed E-state index contributed by atoms with van der Waals surface area (Å²) < 4.78 is 30.0. The molecule has 0 saturated carbocycles. The van der Waals surface area contributed by atoms with Crippen LogP contribution in [0.25, 0.3) is 11.4 Å². The maximum Gasteiger partial charge on any atom is 0.236 e. The van der Waals surface area contributed by atoms with Crippen LogP contribution in [0.3, 0.4) is 0 Å². The van der Waals surface area contributed by atoms with E-state index in [0.717, 1.165) is 17.5 Å². The largest absolute Gasteiger partial charge is 0.310 e. The molecule has 1 N–H and O–H groups in total. The number of thioether (sulfide) groups is 1. The zero-order valence-corrected chi connectivity index (χ0v) is 18.4. The topological polar surface area (TPSA) is 101 Å². The fourth-order valence-electron chi connectivity index (χ4n) is 3.31. The van der Waals surface area contributed by atoms with Crippen LogP contribution in [0.5, 0.6) is 0 Å². The number of carbonyl (C=O) groups excluding carboxylic acids is 1. The fraction of sp³-hybridized carbons (Fsp3) is 0.136. The number of halogens is 2. The number of tetrazole rings is 1. The van der Waals surface area contributed by atoms with Gasteiger partial charge in [-0.05, 0) is 72.3 Å². The Morgan fingerprint density at radius 1 is 1.12 bits per heavy atom. The number of amides is 1. The molecule has 8 nitrogen and oxygen atoms in total. The maximum absolute atomic E-state index is 13.6. The van der Waals surface area contributed by atoms with Crippen LogP contribution in [-0.2, 0) is 4.79 Å². The molecule has 0 saturated heterocycles. The summed E-state index contributed by atoms with van der Waals surface area (Å²) in [5.74, 6) is -0.986. The summed E-state index contributed by atoms with van der Waals surface area (Å²) >= 11 is 1.06. The number of nitrogens with one attached hydrogen (secondary N) is 1. The van der Waals surface area contributed by atoms with Gasteiger partial charge in [-0.3, -0.25) is 9.36 Å². The Balaban J connectivity index is 1.57. The summed E-state index contributed by atoms with van der Waals surface area (Å²) in [7, 11) is 0. The Hall–Kier alpha value is -4.04. The second kappa shape index (κ2) is 9.22. The van der Waals surface area contributed by atoms with Crippen LogP contribution in [-0.4, -0.2) is 36.4 Å². The van der Waals surface area contributed by atoms with Crippen LogP contribution in [0.1, 0.15) is 16.8 Å². The Bertz CT molecular complexity index is 1370. The molecule has 33 heavy (non-hydrogen) atoms. The van der Waals surface area contributed by atoms with E-state index in [1.807, 2.05) is 6.92 Å². The standard InChI is InChI=1S/C22H17F2N7OS/c1-13-14(2)30(17-8-6-15(23)7-9-17)21(19(13)11-25)26-20(32)12-33-22-27-28-29-31(22)18-5-3-4-16(24)10-18/h3-10H,12H2,1-2H3,(H,26,32). The predicted molar refractivity (Wildman–Crippen MR) is 118 cm³/mol. The Morgan fingerprint density at radius 3 is 2.58 bits per heavy atom. The first-order valence-electron chi connectivity index (χ1n) is 9.74. The minimum atomic E-state index is -0.437. The van der Waals surface area contributed by atoms with E-state index in [2.05, 4.69) is 26.9 Å². The molecule has 0 bridgehead atoms. The minimum Gasteiger partial charge on any atom is -0.310 e. The molecule has 4 rings (SSSR count). The molecule has 0 radical (unpaired) electrons. The maximum atomic E-state index is 13.6. The molecule has 1 amide bonds. The van der Waals surface area contributed by atoms with Crippen molar-refractivity contribution in [2.24, 2.45) is 0 Å². The number of benzene rings is 2. The van der Waals surface area contributed by atoms with E-state index < -0.39 is 17.5 Å². The third kappa shape index (κ3) is 4.47. The Kier molecular flexibility index (Phi) is 6.19. The first kappa shape index (κ1) is 22.2. The van der Waals surface area contributed by atoms with Crippen molar-refractivity contribution < 1.29 is 13.6 Å². The van der Waals surface area contributed by atoms with E-state index in [1.165, 1.54) is 35.0 Å². The van der Waals surface area contributed by atoms with Crippen molar-refractivity contribution in [3.63, 3.8) is 0 Å². The molecule has 0 fully saturated rings. The van der Waals surface area contributed by atoms with Crippen LogP contribution in [0.2, 0.25) is 0 Å². The molecular formula is C22H17F2N7OS. The number of hydrogen-bond donors (Lipinski definition) is 1. The minimum absolute atomic E-state index is 0.0623. The van der Waals surface area contributed by atoms with Gasteiger partial charge in [-0.15, -0.1) is 5.10 Å². The zero-order chi connectivity index (χ0) is 23.5. The van der Waals surface area contributed by atoms with Crippen LogP contribution < -0.4 is 5.32 Å². The molecular weight excluding hydrogens is 448 g/mol. The summed E-state index contributed by atoms with van der Waals surface area (Å²) in [6.07, 6.45) is 0. The number of nitriles is 1. The molecule has 166 valence electrons. The SMILES string of the molecule is Cc1c(C#N)c(NC(=O)CSc2nnnn2-c2cccc(F)c2)n(-c2ccc(F)cc2)c1C. The molecule has 0 aliphatic heterocycles. The average molecular weight is 465 g/mol. The van der Waals surface area contributed by atoms with E-state index in [4.69, 9.17) is 0 Å². The smallest absolute Gasteiger partial charge is 0.236 e. The Labute approximate surface area is 191 Å². The van der Waals surface area contributed by atoms with Gasteiger partial charge in [0.2, 0.25) is 11.1 Å². The van der Waals surface area contributed by atoms with E-state index >= 15 is 0 Å². The lowest BCUT2D eigenvalue weighted by atomic mass is 10.2. The molecule has 2 aromatic carbocycles. The van der Waals surface area contributed by atoms with Gasteiger partial charge in [0, 0.05) is 11.4 Å². The van der Waals surface area contributed by atoms with Crippen molar-refractivity contribution in [3.8, 4) is 17.4 Å². The number of nitrogens with zero attached hydrogens (tertiary/aromatic N) is 6. The highest BCUT2D eigenvalue weighted by atomic mass is 32.2. The van der Waals surface area contributed by atoms with Gasteiger partial charge in [-0.2, -0.15) is 9.94 Å². The average Bonchev–Trinajstić information content (AvgIpc) is 3.36. The van der Waals surface area contributed by atoms with E-state index in [-0.39, 0.29) is 5.75 Å². The highest BCUT2D eigenvalue weighted by molar-refractivity contribution is 7.99. The van der Waals surface area contributed by atoms with Crippen molar-refractivity contribution in [1.82, 2.24) is 24.8 Å². The van der Waals surface area contributed by atoms with Crippen molar-refractivity contribution in [2.75, 3.05) is 11.1 Å². The van der Waals surface area contributed by atoms with Gasteiger partial charge < -0.3 is 5.32 Å². The van der Waals surface area contributed by atoms with E-state index in [1.54, 1.807) is 29.7 Å². The first-order chi connectivity index (χ1) is 15.9. The van der Waals surface area contributed by atoms with Crippen molar-refractivity contribution in [1.29, 1.82) is 5.26 Å². The summed E-state index contributed by atoms with van der Waals surface area (Å²) in [6.45, 7) is 3.60. The van der Waals surface area contributed by atoms with Gasteiger partial charge in [0.1, 0.15) is 23.5 Å². The second-order valence-corrected chi connectivity index (χ2v) is 7.99.